The molecule has 0 radical (unpaired) electrons. The minimum absolute atomic E-state index is 0.262. The van der Waals surface area contributed by atoms with Crippen LogP contribution in [0, 0.1) is 11.3 Å². The highest BCUT2D eigenvalue weighted by Crippen LogP contribution is 2.44. The molecule has 90 valence electrons. The average molecular weight is 266 g/mol. The first-order valence-electron chi connectivity index (χ1n) is 6.11. The molecule has 1 aromatic carbocycles. The maximum Gasteiger partial charge on any atom is 0.107 e. The molecule has 1 saturated carbocycles. The number of thioether (sulfide) groups is 1. The standard InChI is InChI=1S/C14H16ClNS/c15-12-7-3-4-8-13(12)17-14(11-16)9-5-1-2-6-10-14/h3-4,7-8H,1-2,5-6,9-10H2. The Morgan fingerprint density at radius 2 is 1.76 bits per heavy atom. The van der Waals surface area contributed by atoms with Crippen LogP contribution in [-0.2, 0) is 0 Å². The van der Waals surface area contributed by atoms with E-state index in [0.29, 0.717) is 0 Å². The molecule has 3 heteroatoms. The molecular formula is C14H16ClNS. The molecule has 0 aromatic heterocycles. The maximum absolute atomic E-state index is 9.50. The zero-order chi connectivity index (χ0) is 12.1. The van der Waals surface area contributed by atoms with Crippen LogP contribution in [-0.4, -0.2) is 4.75 Å². The van der Waals surface area contributed by atoms with Crippen LogP contribution in [0.4, 0.5) is 0 Å². The second-order valence-corrected chi connectivity index (χ2v) is 6.39. The van der Waals surface area contributed by atoms with E-state index >= 15 is 0 Å². The lowest BCUT2D eigenvalue weighted by atomic mass is 10.0. The Kier molecular flexibility index (Phi) is 4.36. The Bertz CT molecular complexity index is 416. The van der Waals surface area contributed by atoms with Gasteiger partial charge in [0.25, 0.3) is 0 Å². The van der Waals surface area contributed by atoms with E-state index in [-0.39, 0.29) is 4.75 Å². The van der Waals surface area contributed by atoms with E-state index in [9.17, 15) is 5.26 Å². The van der Waals surface area contributed by atoms with E-state index in [4.69, 9.17) is 11.6 Å². The summed E-state index contributed by atoms with van der Waals surface area (Å²) < 4.78 is -0.262. The van der Waals surface area contributed by atoms with Gasteiger partial charge in [0.15, 0.2) is 0 Å². The number of nitriles is 1. The molecule has 17 heavy (non-hydrogen) atoms. The second-order valence-electron chi connectivity index (χ2n) is 4.55. The third-order valence-electron chi connectivity index (χ3n) is 3.26. The quantitative estimate of drug-likeness (QED) is 0.699. The summed E-state index contributed by atoms with van der Waals surface area (Å²) in [5.74, 6) is 0. The van der Waals surface area contributed by atoms with Gasteiger partial charge in [0, 0.05) is 4.90 Å². The maximum atomic E-state index is 9.50. The van der Waals surface area contributed by atoms with Gasteiger partial charge in [-0.25, -0.2) is 0 Å². The van der Waals surface area contributed by atoms with Gasteiger partial charge in [-0.3, -0.25) is 0 Å². The summed E-state index contributed by atoms with van der Waals surface area (Å²) in [4.78, 5) is 1.04. The Labute approximate surface area is 112 Å². The molecule has 0 aliphatic heterocycles. The van der Waals surface area contributed by atoms with Crippen molar-refractivity contribution in [2.24, 2.45) is 0 Å². The van der Waals surface area contributed by atoms with Crippen molar-refractivity contribution in [3.8, 4) is 6.07 Å². The van der Waals surface area contributed by atoms with Gasteiger partial charge in [0.05, 0.1) is 11.1 Å². The van der Waals surface area contributed by atoms with Crippen molar-refractivity contribution in [1.82, 2.24) is 0 Å². The van der Waals surface area contributed by atoms with Crippen LogP contribution in [0.25, 0.3) is 0 Å². The first kappa shape index (κ1) is 12.8. The average Bonchev–Trinajstić information content (AvgIpc) is 2.58. The molecule has 0 heterocycles. The Hall–Kier alpha value is -0.650. The highest BCUT2D eigenvalue weighted by atomic mass is 35.5. The van der Waals surface area contributed by atoms with E-state index < -0.39 is 0 Å². The smallest absolute Gasteiger partial charge is 0.107 e. The van der Waals surface area contributed by atoms with Crippen molar-refractivity contribution in [2.75, 3.05) is 0 Å². The fourth-order valence-corrected chi connectivity index (χ4v) is 3.80. The molecule has 1 nitrogen and oxygen atoms in total. The van der Waals surface area contributed by atoms with Crippen LogP contribution in [0.5, 0.6) is 0 Å². The molecule has 0 spiro atoms. The lowest BCUT2D eigenvalue weighted by Gasteiger charge is -2.24. The van der Waals surface area contributed by atoms with Crippen molar-refractivity contribution in [2.45, 2.75) is 48.2 Å². The molecule has 1 aliphatic carbocycles. The number of hydrogen-bond acceptors (Lipinski definition) is 2. The van der Waals surface area contributed by atoms with E-state index in [1.807, 2.05) is 24.3 Å². The first-order chi connectivity index (χ1) is 8.26. The summed E-state index contributed by atoms with van der Waals surface area (Å²) >= 11 is 7.83. The highest BCUT2D eigenvalue weighted by Gasteiger charge is 2.32. The third-order valence-corrected chi connectivity index (χ3v) is 5.16. The molecule has 0 atom stereocenters. The highest BCUT2D eigenvalue weighted by molar-refractivity contribution is 8.01. The molecule has 0 unspecified atom stereocenters. The van der Waals surface area contributed by atoms with E-state index in [1.165, 1.54) is 12.8 Å². The zero-order valence-corrected chi connectivity index (χ0v) is 11.4. The van der Waals surface area contributed by atoms with Gasteiger partial charge in [-0.2, -0.15) is 5.26 Å². The van der Waals surface area contributed by atoms with Crippen molar-refractivity contribution >= 4 is 23.4 Å². The molecular weight excluding hydrogens is 250 g/mol. The predicted molar refractivity (Wildman–Crippen MR) is 73.4 cm³/mol. The molecule has 0 bridgehead atoms. The molecule has 1 aromatic rings. The summed E-state index contributed by atoms with van der Waals surface area (Å²) in [6.07, 6.45) is 6.80. The minimum Gasteiger partial charge on any atom is -0.197 e. The Balaban J connectivity index is 2.19. The van der Waals surface area contributed by atoms with Crippen molar-refractivity contribution in [3.63, 3.8) is 0 Å². The summed E-state index contributed by atoms with van der Waals surface area (Å²) in [5, 5.41) is 10.3. The van der Waals surface area contributed by atoms with Crippen LogP contribution in [0.3, 0.4) is 0 Å². The molecule has 0 saturated heterocycles. The van der Waals surface area contributed by atoms with Gasteiger partial charge in [0.1, 0.15) is 4.75 Å². The van der Waals surface area contributed by atoms with E-state index in [1.54, 1.807) is 11.8 Å². The molecule has 2 rings (SSSR count). The van der Waals surface area contributed by atoms with Crippen molar-refractivity contribution in [1.29, 1.82) is 5.26 Å². The summed E-state index contributed by atoms with van der Waals surface area (Å²) in [7, 11) is 0. The summed E-state index contributed by atoms with van der Waals surface area (Å²) in [6.45, 7) is 0. The lowest BCUT2D eigenvalue weighted by Crippen LogP contribution is -2.21. The van der Waals surface area contributed by atoms with Gasteiger partial charge >= 0.3 is 0 Å². The van der Waals surface area contributed by atoms with Gasteiger partial charge in [0.2, 0.25) is 0 Å². The number of halogens is 1. The van der Waals surface area contributed by atoms with Crippen LogP contribution >= 0.6 is 23.4 Å². The van der Waals surface area contributed by atoms with Gasteiger partial charge in [-0.15, -0.1) is 11.8 Å². The predicted octanol–water partition coefficient (Wildman–Crippen LogP) is 5.05. The third kappa shape index (κ3) is 3.18. The van der Waals surface area contributed by atoms with Gasteiger partial charge in [-0.1, -0.05) is 49.4 Å². The molecule has 0 amide bonds. The van der Waals surface area contributed by atoms with E-state index in [2.05, 4.69) is 6.07 Å². The normalized spacial score (nSPS) is 19.3. The summed E-state index contributed by atoms with van der Waals surface area (Å²) in [6, 6.07) is 10.4. The molecule has 1 aliphatic rings. The monoisotopic (exact) mass is 265 g/mol. The molecule has 0 N–H and O–H groups in total. The van der Waals surface area contributed by atoms with Crippen molar-refractivity contribution < 1.29 is 0 Å². The van der Waals surface area contributed by atoms with Crippen LogP contribution in [0.15, 0.2) is 29.2 Å². The summed E-state index contributed by atoms with van der Waals surface area (Å²) in [5.41, 5.74) is 0. The van der Waals surface area contributed by atoms with Gasteiger partial charge in [-0.05, 0) is 25.0 Å². The Morgan fingerprint density at radius 3 is 2.35 bits per heavy atom. The second kappa shape index (κ2) is 5.80. The lowest BCUT2D eigenvalue weighted by molar-refractivity contribution is 0.619. The van der Waals surface area contributed by atoms with Gasteiger partial charge < -0.3 is 0 Å². The fraction of sp³-hybridized carbons (Fsp3) is 0.500. The number of rotatable bonds is 2. The number of benzene rings is 1. The van der Waals surface area contributed by atoms with Crippen LogP contribution in [0.2, 0.25) is 5.02 Å². The zero-order valence-electron chi connectivity index (χ0n) is 9.79. The largest absolute Gasteiger partial charge is 0.197 e. The SMILES string of the molecule is N#CC1(Sc2ccccc2Cl)CCCCCC1. The van der Waals surface area contributed by atoms with E-state index in [0.717, 1.165) is 35.6 Å². The topological polar surface area (TPSA) is 23.8 Å². The Morgan fingerprint density at radius 1 is 1.12 bits per heavy atom. The first-order valence-corrected chi connectivity index (χ1v) is 7.30. The van der Waals surface area contributed by atoms with Crippen molar-refractivity contribution in [3.05, 3.63) is 29.3 Å². The number of nitrogens with zero attached hydrogens (tertiary/aromatic N) is 1. The number of hydrogen-bond donors (Lipinski definition) is 0. The van der Waals surface area contributed by atoms with Crippen LogP contribution in [0.1, 0.15) is 38.5 Å². The fourth-order valence-electron chi connectivity index (χ4n) is 2.27. The minimum atomic E-state index is -0.262. The van der Waals surface area contributed by atoms with Crippen LogP contribution < -0.4 is 0 Å². The molecule has 1 fully saturated rings.